The molecule has 0 spiro atoms. The third-order valence-electron chi connectivity index (χ3n) is 8.31. The van der Waals surface area contributed by atoms with Crippen LogP contribution < -0.4 is 10.1 Å². The number of nitrogens with zero attached hydrogens (tertiary/aromatic N) is 7. The van der Waals surface area contributed by atoms with Crippen molar-refractivity contribution in [3.63, 3.8) is 0 Å². The van der Waals surface area contributed by atoms with Gasteiger partial charge in [-0.3, -0.25) is 14.2 Å². The summed E-state index contributed by atoms with van der Waals surface area (Å²) in [5.41, 5.74) is 4.43. The van der Waals surface area contributed by atoms with Gasteiger partial charge >= 0.3 is 11.9 Å². The van der Waals surface area contributed by atoms with Gasteiger partial charge in [-0.05, 0) is 66.6 Å². The Morgan fingerprint density at radius 2 is 1.51 bits per heavy atom. The Balaban J connectivity index is 1.35. The summed E-state index contributed by atoms with van der Waals surface area (Å²) in [6.45, 7) is 1.67. The van der Waals surface area contributed by atoms with Gasteiger partial charge in [-0.25, -0.2) is 4.79 Å². The van der Waals surface area contributed by atoms with Crippen LogP contribution in [0.1, 0.15) is 54.9 Å². The number of unbranched alkanes of at least 4 members (excludes halogenated alkanes) is 2. The van der Waals surface area contributed by atoms with Crippen LogP contribution in [-0.4, -0.2) is 97.3 Å². The standard InChI is InChI=1S/C36H39N9O12/c1-2-53-36-38-29-13-9-12-28(32(29)43(36)23-24-14-16-25(17-15-24)26-10-3-4-11-27(26)33-39-41-42-40-33)34(47)37-30(35(48)55-19-6-8-21-57-45(51)52)22-31(46)54-18-5-7-20-56-44(49)50/h3-4,9-17,30H,2,5-8,18-23H2,1H3,(H,37,47)(H,39,40,41,42). The van der Waals surface area contributed by atoms with E-state index in [1.807, 2.05) is 48.5 Å². The number of hydrogen-bond acceptors (Lipinski definition) is 16. The molecule has 5 aromatic rings. The molecule has 2 heterocycles. The van der Waals surface area contributed by atoms with E-state index in [-0.39, 0.29) is 76.8 Å². The number of carbonyl (C=O) groups excluding carboxylic acids is 3. The molecule has 2 N–H and O–H groups in total. The first-order valence-electron chi connectivity index (χ1n) is 17.9. The van der Waals surface area contributed by atoms with Crippen molar-refractivity contribution >= 4 is 28.9 Å². The molecule has 0 bridgehead atoms. The van der Waals surface area contributed by atoms with Gasteiger partial charge in [-0.15, -0.1) is 30.4 Å². The lowest BCUT2D eigenvalue weighted by molar-refractivity contribution is -0.757. The average Bonchev–Trinajstić information content (AvgIpc) is 3.86. The number of ether oxygens (including phenoxy) is 3. The van der Waals surface area contributed by atoms with Gasteiger partial charge in [0.15, 0.2) is 0 Å². The Morgan fingerprint density at radius 1 is 0.842 bits per heavy atom. The van der Waals surface area contributed by atoms with E-state index in [2.05, 4.69) is 40.6 Å². The SMILES string of the molecule is CCOc1nc2cccc(C(=O)NC(CC(=O)OCCCCO[N+](=O)[O-])C(=O)OCCCCO[N+](=O)[O-])c2n1Cc1ccc(-c2ccccc2-c2nn[nH]n2)cc1. The maximum Gasteiger partial charge on any atom is 0.329 e. The monoisotopic (exact) mass is 789 g/mol. The lowest BCUT2D eigenvalue weighted by Crippen LogP contribution is -2.43. The van der Waals surface area contributed by atoms with Gasteiger partial charge in [-0.1, -0.05) is 54.6 Å². The molecule has 21 heteroatoms. The third kappa shape index (κ3) is 11.7. The van der Waals surface area contributed by atoms with Crippen molar-refractivity contribution in [1.29, 1.82) is 0 Å². The summed E-state index contributed by atoms with van der Waals surface area (Å²) in [5, 5.41) is 35.9. The molecule has 0 aliphatic rings. The van der Waals surface area contributed by atoms with Crippen molar-refractivity contribution in [2.24, 2.45) is 0 Å². The molecule has 3 aromatic carbocycles. The predicted octanol–water partition coefficient (Wildman–Crippen LogP) is 3.88. The van der Waals surface area contributed by atoms with E-state index in [4.69, 9.17) is 14.2 Å². The van der Waals surface area contributed by atoms with Gasteiger partial charge in [0.1, 0.15) is 6.04 Å². The number of H-pyrrole nitrogens is 1. The van der Waals surface area contributed by atoms with E-state index in [0.717, 1.165) is 22.3 Å². The van der Waals surface area contributed by atoms with Crippen molar-refractivity contribution in [1.82, 2.24) is 35.5 Å². The Labute approximate surface area is 323 Å². The van der Waals surface area contributed by atoms with Crippen molar-refractivity contribution in [3.05, 3.63) is 98.1 Å². The molecule has 2 aromatic heterocycles. The summed E-state index contributed by atoms with van der Waals surface area (Å²) < 4.78 is 18.1. The molecule has 21 nitrogen and oxygen atoms in total. The Kier molecular flexibility index (Phi) is 14.7. The quantitative estimate of drug-likeness (QED) is 0.0411. The van der Waals surface area contributed by atoms with Crippen LogP contribution in [-0.2, 0) is 35.3 Å². The van der Waals surface area contributed by atoms with E-state index < -0.39 is 40.5 Å². The molecule has 0 saturated carbocycles. The predicted molar refractivity (Wildman–Crippen MR) is 197 cm³/mol. The Morgan fingerprint density at radius 3 is 2.16 bits per heavy atom. The Bertz CT molecular complexity index is 2140. The molecular formula is C36H39N9O12. The molecule has 1 atom stereocenters. The number of fused-ring (bicyclic) bond motifs is 1. The number of aromatic nitrogens is 6. The van der Waals surface area contributed by atoms with Gasteiger partial charge in [0.2, 0.25) is 5.82 Å². The fourth-order valence-electron chi connectivity index (χ4n) is 5.71. The third-order valence-corrected chi connectivity index (χ3v) is 8.31. The first-order chi connectivity index (χ1) is 27.6. The molecule has 0 aliphatic heterocycles. The normalized spacial score (nSPS) is 11.4. The molecular weight excluding hydrogens is 750 g/mol. The summed E-state index contributed by atoms with van der Waals surface area (Å²) in [6.07, 6.45) is 0.303. The highest BCUT2D eigenvalue weighted by Crippen LogP contribution is 2.31. The molecule has 300 valence electrons. The maximum absolute atomic E-state index is 14.0. The summed E-state index contributed by atoms with van der Waals surface area (Å²) >= 11 is 0. The van der Waals surface area contributed by atoms with Crippen LogP contribution in [0.3, 0.4) is 0 Å². The van der Waals surface area contributed by atoms with Crippen LogP contribution in [0.4, 0.5) is 0 Å². The van der Waals surface area contributed by atoms with E-state index in [9.17, 15) is 34.6 Å². The van der Waals surface area contributed by atoms with E-state index in [1.54, 1.807) is 29.7 Å². The van der Waals surface area contributed by atoms with Crippen molar-refractivity contribution in [3.8, 4) is 28.5 Å². The molecule has 0 aliphatic carbocycles. The minimum Gasteiger partial charge on any atom is -0.466 e. The zero-order valence-corrected chi connectivity index (χ0v) is 30.7. The summed E-state index contributed by atoms with van der Waals surface area (Å²) in [4.78, 5) is 73.9. The highest BCUT2D eigenvalue weighted by Gasteiger charge is 2.29. The highest BCUT2D eigenvalue weighted by atomic mass is 17.0. The number of amides is 1. The fourth-order valence-corrected chi connectivity index (χ4v) is 5.71. The van der Waals surface area contributed by atoms with Crippen LogP contribution in [0.15, 0.2) is 66.7 Å². The molecule has 0 fully saturated rings. The second-order valence-electron chi connectivity index (χ2n) is 12.2. The first kappa shape index (κ1) is 41.0. The van der Waals surface area contributed by atoms with Gasteiger partial charge in [0.25, 0.3) is 22.1 Å². The van der Waals surface area contributed by atoms with Gasteiger partial charge < -0.3 is 29.2 Å². The second-order valence-corrected chi connectivity index (χ2v) is 12.2. The van der Waals surface area contributed by atoms with Crippen LogP contribution in [0.2, 0.25) is 0 Å². The van der Waals surface area contributed by atoms with Crippen LogP contribution >= 0.6 is 0 Å². The maximum atomic E-state index is 14.0. The summed E-state index contributed by atoms with van der Waals surface area (Å²) in [6, 6.07) is 19.1. The van der Waals surface area contributed by atoms with Crippen molar-refractivity contribution in [2.75, 3.05) is 33.0 Å². The largest absolute Gasteiger partial charge is 0.466 e. The number of tetrazole rings is 1. The van der Waals surface area contributed by atoms with Gasteiger partial charge in [-0.2, -0.15) is 10.2 Å². The van der Waals surface area contributed by atoms with E-state index in [1.165, 1.54) is 0 Å². The number of benzene rings is 3. The lowest BCUT2D eigenvalue weighted by Gasteiger charge is -2.18. The van der Waals surface area contributed by atoms with Crippen molar-refractivity contribution in [2.45, 2.75) is 51.6 Å². The highest BCUT2D eigenvalue weighted by molar-refractivity contribution is 6.06. The number of para-hydroxylation sites is 1. The first-order valence-corrected chi connectivity index (χ1v) is 17.9. The minimum absolute atomic E-state index is 0.114. The molecule has 0 saturated heterocycles. The number of carbonyl (C=O) groups is 3. The molecule has 1 amide bonds. The number of aromatic amines is 1. The zero-order valence-electron chi connectivity index (χ0n) is 30.7. The fraction of sp³-hybridized carbons (Fsp3) is 0.361. The number of rotatable bonds is 23. The molecule has 1 unspecified atom stereocenters. The molecule has 5 rings (SSSR count). The zero-order chi connectivity index (χ0) is 40.6. The van der Waals surface area contributed by atoms with Crippen molar-refractivity contribution < 1.29 is 48.4 Å². The van der Waals surface area contributed by atoms with E-state index in [0.29, 0.717) is 16.9 Å². The summed E-state index contributed by atoms with van der Waals surface area (Å²) in [5.74, 6) is -2.04. The van der Waals surface area contributed by atoms with Crippen LogP contribution in [0.25, 0.3) is 33.5 Å². The Hall–Kier alpha value is -7.19. The second kappa shape index (κ2) is 20.5. The molecule has 57 heavy (non-hydrogen) atoms. The minimum atomic E-state index is -1.49. The van der Waals surface area contributed by atoms with Crippen LogP contribution in [0.5, 0.6) is 6.01 Å². The smallest absolute Gasteiger partial charge is 0.329 e. The number of nitrogens with one attached hydrogen (secondary N) is 2. The van der Waals surface area contributed by atoms with E-state index >= 15 is 0 Å². The average molecular weight is 790 g/mol. The van der Waals surface area contributed by atoms with Crippen LogP contribution in [0, 0.1) is 20.2 Å². The number of esters is 2. The topological polar surface area (TPSA) is 268 Å². The summed E-state index contributed by atoms with van der Waals surface area (Å²) in [7, 11) is 0. The van der Waals surface area contributed by atoms with Gasteiger partial charge in [0.05, 0.1) is 62.6 Å². The number of hydrogen-bond donors (Lipinski definition) is 2. The lowest BCUT2D eigenvalue weighted by atomic mass is 9.98. The number of imidazole rings is 1. The molecule has 0 radical (unpaired) electrons. The van der Waals surface area contributed by atoms with Gasteiger partial charge in [0, 0.05) is 5.56 Å².